The van der Waals surface area contributed by atoms with Gasteiger partial charge in [-0.25, -0.2) is 9.07 Å². The molecule has 5 nitrogen and oxygen atoms in total. The molecule has 1 aliphatic heterocycles. The highest BCUT2D eigenvalue weighted by Crippen LogP contribution is 2.31. The van der Waals surface area contributed by atoms with E-state index in [4.69, 9.17) is 4.74 Å². The van der Waals surface area contributed by atoms with Crippen LogP contribution in [-0.2, 0) is 6.42 Å². The molecule has 6 heteroatoms. The number of benzene rings is 2. The van der Waals surface area contributed by atoms with Crippen molar-refractivity contribution >= 4 is 5.91 Å². The second kappa shape index (κ2) is 6.87. The molecule has 1 amide bonds. The van der Waals surface area contributed by atoms with Crippen molar-refractivity contribution in [2.45, 2.75) is 19.4 Å². The number of rotatable bonds is 3. The molecule has 1 unspecified atom stereocenters. The van der Waals surface area contributed by atoms with Crippen molar-refractivity contribution in [2.24, 2.45) is 0 Å². The molecule has 1 atom stereocenters. The third-order valence-corrected chi connectivity index (χ3v) is 5.05. The van der Waals surface area contributed by atoms with Crippen LogP contribution < -0.4 is 4.74 Å². The second-order valence-corrected chi connectivity index (χ2v) is 6.61. The molecule has 4 rings (SSSR count). The van der Waals surface area contributed by atoms with E-state index in [0.29, 0.717) is 18.7 Å². The van der Waals surface area contributed by atoms with E-state index in [1.807, 2.05) is 31.2 Å². The van der Waals surface area contributed by atoms with Crippen molar-refractivity contribution in [3.63, 3.8) is 0 Å². The molecule has 1 aromatic heterocycles. The number of amides is 1. The zero-order chi connectivity index (χ0) is 19.0. The van der Waals surface area contributed by atoms with Crippen LogP contribution in [0, 0.1) is 5.82 Å². The van der Waals surface area contributed by atoms with Crippen molar-refractivity contribution < 1.29 is 13.9 Å². The first-order valence-electron chi connectivity index (χ1n) is 8.86. The van der Waals surface area contributed by atoms with E-state index in [1.165, 1.54) is 12.1 Å². The van der Waals surface area contributed by atoms with Gasteiger partial charge < -0.3 is 9.64 Å². The number of carbonyl (C=O) groups is 1. The van der Waals surface area contributed by atoms with Crippen molar-refractivity contribution in [3.05, 3.63) is 77.4 Å². The molecule has 1 aliphatic rings. The molecule has 27 heavy (non-hydrogen) atoms. The molecule has 0 fully saturated rings. The van der Waals surface area contributed by atoms with E-state index < -0.39 is 0 Å². The van der Waals surface area contributed by atoms with Crippen molar-refractivity contribution in [2.75, 3.05) is 13.7 Å². The summed E-state index contributed by atoms with van der Waals surface area (Å²) in [6.07, 6.45) is 2.47. The predicted octanol–water partition coefficient (Wildman–Crippen LogP) is 3.78. The number of hydrogen-bond donors (Lipinski definition) is 0. The molecule has 3 aromatic rings. The van der Waals surface area contributed by atoms with Crippen LogP contribution in [0.5, 0.6) is 5.75 Å². The van der Waals surface area contributed by atoms with E-state index in [2.05, 4.69) is 5.10 Å². The maximum atomic E-state index is 13.6. The van der Waals surface area contributed by atoms with E-state index in [9.17, 15) is 9.18 Å². The lowest BCUT2D eigenvalue weighted by atomic mass is 9.93. The molecule has 0 aliphatic carbocycles. The first-order chi connectivity index (χ1) is 13.1. The second-order valence-electron chi connectivity index (χ2n) is 6.61. The summed E-state index contributed by atoms with van der Waals surface area (Å²) >= 11 is 0. The van der Waals surface area contributed by atoms with Crippen LogP contribution in [0.15, 0.2) is 54.7 Å². The summed E-state index contributed by atoms with van der Waals surface area (Å²) < 4.78 is 20.5. The van der Waals surface area contributed by atoms with Gasteiger partial charge in [0.15, 0.2) is 5.69 Å². The van der Waals surface area contributed by atoms with Gasteiger partial charge in [0.25, 0.3) is 5.91 Å². The van der Waals surface area contributed by atoms with Crippen LogP contribution in [0.4, 0.5) is 4.39 Å². The topological polar surface area (TPSA) is 47.4 Å². The molecular weight excluding hydrogens is 345 g/mol. The molecule has 0 bridgehead atoms. The summed E-state index contributed by atoms with van der Waals surface area (Å²) in [6, 6.07) is 13.8. The van der Waals surface area contributed by atoms with Crippen LogP contribution >= 0.6 is 0 Å². The van der Waals surface area contributed by atoms with Crippen molar-refractivity contribution in [1.29, 1.82) is 0 Å². The highest BCUT2D eigenvalue weighted by Gasteiger charge is 2.29. The summed E-state index contributed by atoms with van der Waals surface area (Å²) in [7, 11) is 1.61. The highest BCUT2D eigenvalue weighted by molar-refractivity contribution is 5.92. The lowest BCUT2D eigenvalue weighted by Crippen LogP contribution is -2.39. The average molecular weight is 365 g/mol. The Bertz CT molecular complexity index is 981. The molecule has 0 radical (unpaired) electrons. The van der Waals surface area contributed by atoms with Gasteiger partial charge in [0.1, 0.15) is 11.6 Å². The Hall–Kier alpha value is -3.15. The first kappa shape index (κ1) is 17.3. The Labute approximate surface area is 157 Å². The quantitative estimate of drug-likeness (QED) is 0.710. The molecule has 2 aromatic carbocycles. The number of carbonyl (C=O) groups excluding carboxylic acids is 1. The number of fused-ring (bicyclic) bond motifs is 1. The van der Waals surface area contributed by atoms with Crippen molar-refractivity contribution in [3.8, 4) is 11.4 Å². The standard InChI is InChI=1S/C21H20FN3O2/c1-14-19-13-16(22)4-3-15(19)9-11-24(14)21(26)20-10-12-25(23-20)17-5-7-18(27-2)8-6-17/h3-8,10,12-14H,9,11H2,1-2H3. The molecule has 0 spiro atoms. The van der Waals surface area contributed by atoms with Crippen LogP contribution in [0.1, 0.15) is 34.6 Å². The molecular formula is C21H20FN3O2. The largest absolute Gasteiger partial charge is 0.497 e. The van der Waals surface area contributed by atoms with Gasteiger partial charge in [-0.1, -0.05) is 6.07 Å². The zero-order valence-corrected chi connectivity index (χ0v) is 15.2. The average Bonchev–Trinajstić information content (AvgIpc) is 3.18. The third-order valence-electron chi connectivity index (χ3n) is 5.05. The fraction of sp³-hybridized carbons (Fsp3) is 0.238. The summed E-state index contributed by atoms with van der Waals surface area (Å²) in [5.41, 5.74) is 3.17. The number of hydrogen-bond acceptors (Lipinski definition) is 3. The van der Waals surface area contributed by atoms with Crippen molar-refractivity contribution in [1.82, 2.24) is 14.7 Å². The van der Waals surface area contributed by atoms with Gasteiger partial charge >= 0.3 is 0 Å². The monoisotopic (exact) mass is 365 g/mol. The van der Waals surface area contributed by atoms with Gasteiger partial charge in [0.05, 0.1) is 18.8 Å². The van der Waals surface area contributed by atoms with Gasteiger partial charge in [0, 0.05) is 12.7 Å². The van der Waals surface area contributed by atoms with Crippen LogP contribution in [0.3, 0.4) is 0 Å². The number of ether oxygens (including phenoxy) is 1. The Balaban J connectivity index is 1.57. The first-order valence-corrected chi connectivity index (χ1v) is 8.86. The zero-order valence-electron chi connectivity index (χ0n) is 15.2. The van der Waals surface area contributed by atoms with Crippen LogP contribution in [-0.4, -0.2) is 34.2 Å². The fourth-order valence-corrected chi connectivity index (χ4v) is 3.53. The summed E-state index contributed by atoms with van der Waals surface area (Å²) in [5, 5.41) is 4.43. The molecule has 0 saturated heterocycles. The van der Waals surface area contributed by atoms with E-state index in [1.54, 1.807) is 35.0 Å². The van der Waals surface area contributed by atoms with Gasteiger partial charge in [-0.15, -0.1) is 0 Å². The lowest BCUT2D eigenvalue weighted by molar-refractivity contribution is 0.0670. The van der Waals surface area contributed by atoms with E-state index >= 15 is 0 Å². The maximum absolute atomic E-state index is 13.6. The molecule has 138 valence electrons. The minimum absolute atomic E-state index is 0.148. The SMILES string of the molecule is COc1ccc(-n2ccc(C(=O)N3CCc4ccc(F)cc4C3C)n2)cc1. The predicted molar refractivity (Wildman–Crippen MR) is 99.7 cm³/mol. The molecule has 0 saturated carbocycles. The summed E-state index contributed by atoms with van der Waals surface area (Å²) in [4.78, 5) is 14.7. The Kier molecular flexibility index (Phi) is 4.39. The summed E-state index contributed by atoms with van der Waals surface area (Å²) in [5.74, 6) is 0.332. The number of aromatic nitrogens is 2. The van der Waals surface area contributed by atoms with Gasteiger partial charge in [-0.05, 0) is 66.9 Å². The smallest absolute Gasteiger partial charge is 0.274 e. The van der Waals surface area contributed by atoms with Crippen LogP contribution in [0.25, 0.3) is 5.69 Å². The lowest BCUT2D eigenvalue weighted by Gasteiger charge is -2.34. The Morgan fingerprint density at radius 3 is 2.70 bits per heavy atom. The Morgan fingerprint density at radius 2 is 1.96 bits per heavy atom. The van der Waals surface area contributed by atoms with E-state index in [0.717, 1.165) is 22.6 Å². The number of halogens is 1. The summed E-state index contributed by atoms with van der Waals surface area (Å²) in [6.45, 7) is 2.52. The maximum Gasteiger partial charge on any atom is 0.274 e. The molecule has 0 N–H and O–H groups in total. The van der Waals surface area contributed by atoms with Gasteiger partial charge in [-0.2, -0.15) is 5.10 Å². The number of methoxy groups -OCH3 is 1. The molecule has 2 heterocycles. The van der Waals surface area contributed by atoms with Gasteiger partial charge in [0.2, 0.25) is 0 Å². The minimum atomic E-state index is -0.279. The number of nitrogens with zero attached hydrogens (tertiary/aromatic N) is 3. The van der Waals surface area contributed by atoms with Gasteiger partial charge in [-0.3, -0.25) is 4.79 Å². The Morgan fingerprint density at radius 1 is 1.19 bits per heavy atom. The minimum Gasteiger partial charge on any atom is -0.497 e. The van der Waals surface area contributed by atoms with E-state index in [-0.39, 0.29) is 17.8 Å². The third kappa shape index (κ3) is 3.18. The highest BCUT2D eigenvalue weighted by atomic mass is 19.1. The normalized spacial score (nSPS) is 16.1. The van der Waals surface area contributed by atoms with Crippen LogP contribution in [0.2, 0.25) is 0 Å². The fourth-order valence-electron chi connectivity index (χ4n) is 3.53.